The number of halogens is 3. The predicted octanol–water partition coefficient (Wildman–Crippen LogP) is 2.11. The van der Waals surface area contributed by atoms with Crippen LogP contribution in [0, 0.1) is 0 Å². The lowest BCUT2D eigenvalue weighted by molar-refractivity contribution is -0.150. The first-order valence-electron chi connectivity index (χ1n) is 7.08. The normalized spacial score (nSPS) is 22.4. The Kier molecular flexibility index (Phi) is 6.56. The van der Waals surface area contributed by atoms with E-state index >= 15 is 0 Å². The number of aliphatic hydroxyl groups excluding tert-OH is 1. The Bertz CT molecular complexity index is 253. The molecule has 0 aliphatic carbocycles. The average molecular weight is 282 g/mol. The third-order valence-electron chi connectivity index (χ3n) is 3.73. The smallest absolute Gasteiger partial charge is 0.391 e. The van der Waals surface area contributed by atoms with Crippen LogP contribution in [-0.2, 0) is 0 Å². The molecule has 19 heavy (non-hydrogen) atoms. The van der Waals surface area contributed by atoms with Crippen LogP contribution < -0.4 is 0 Å². The molecule has 1 saturated heterocycles. The molecule has 0 spiro atoms. The minimum Gasteiger partial charge on any atom is -0.391 e. The summed E-state index contributed by atoms with van der Waals surface area (Å²) >= 11 is 0. The molecular weight excluding hydrogens is 257 g/mol. The molecule has 114 valence electrons. The largest absolute Gasteiger partial charge is 0.401 e. The van der Waals surface area contributed by atoms with Crippen LogP contribution in [0.5, 0.6) is 0 Å². The lowest BCUT2D eigenvalue weighted by Crippen LogP contribution is -2.54. The third-order valence-corrected chi connectivity index (χ3v) is 3.73. The second kappa shape index (κ2) is 7.45. The van der Waals surface area contributed by atoms with Gasteiger partial charge in [-0.1, -0.05) is 20.3 Å². The van der Waals surface area contributed by atoms with Crippen LogP contribution in [0.2, 0.25) is 0 Å². The van der Waals surface area contributed by atoms with Crippen molar-refractivity contribution in [1.82, 2.24) is 9.80 Å². The van der Waals surface area contributed by atoms with Crippen LogP contribution in [0.1, 0.15) is 33.1 Å². The Morgan fingerprint density at radius 1 is 1.11 bits per heavy atom. The number of hydrogen-bond acceptors (Lipinski definition) is 3. The van der Waals surface area contributed by atoms with Crippen LogP contribution in [0.15, 0.2) is 0 Å². The number of hydrogen-bond donors (Lipinski definition) is 1. The van der Waals surface area contributed by atoms with Gasteiger partial charge in [0, 0.05) is 32.2 Å². The molecule has 0 saturated carbocycles. The van der Waals surface area contributed by atoms with Crippen molar-refractivity contribution in [2.75, 3.05) is 32.7 Å². The maximum atomic E-state index is 12.3. The summed E-state index contributed by atoms with van der Waals surface area (Å²) in [4.78, 5) is 3.57. The second-order valence-corrected chi connectivity index (χ2v) is 5.26. The molecule has 1 rings (SSSR count). The van der Waals surface area contributed by atoms with E-state index in [2.05, 4.69) is 4.90 Å². The summed E-state index contributed by atoms with van der Waals surface area (Å²) in [6.45, 7) is 5.28. The number of alkyl halides is 3. The summed E-state index contributed by atoms with van der Waals surface area (Å²) in [7, 11) is 0. The van der Waals surface area contributed by atoms with Crippen LogP contribution >= 0.6 is 0 Å². The van der Waals surface area contributed by atoms with E-state index in [0.717, 1.165) is 19.3 Å². The minimum atomic E-state index is -4.12. The van der Waals surface area contributed by atoms with Gasteiger partial charge in [0.25, 0.3) is 0 Å². The van der Waals surface area contributed by atoms with Gasteiger partial charge in [-0.05, 0) is 12.8 Å². The standard InChI is InChI=1S/C13H25F3N2O/c1-3-5-12(19)11(4-2)18-8-6-17(7-9-18)10-13(14,15)16/h11-12,19H,3-10H2,1-2H3. The highest BCUT2D eigenvalue weighted by Crippen LogP contribution is 2.20. The van der Waals surface area contributed by atoms with Gasteiger partial charge in [-0.25, -0.2) is 0 Å². The van der Waals surface area contributed by atoms with E-state index in [9.17, 15) is 18.3 Å². The van der Waals surface area contributed by atoms with Gasteiger partial charge in [0.05, 0.1) is 12.6 Å². The van der Waals surface area contributed by atoms with Crippen molar-refractivity contribution in [2.24, 2.45) is 0 Å². The van der Waals surface area contributed by atoms with Crippen molar-refractivity contribution >= 4 is 0 Å². The SMILES string of the molecule is CCCC(O)C(CC)N1CCN(CC(F)(F)F)CC1. The third kappa shape index (κ3) is 5.67. The Morgan fingerprint density at radius 2 is 1.68 bits per heavy atom. The van der Waals surface area contributed by atoms with E-state index in [-0.39, 0.29) is 12.1 Å². The molecule has 1 fully saturated rings. The molecule has 3 nitrogen and oxygen atoms in total. The summed E-state index contributed by atoms with van der Waals surface area (Å²) in [6, 6.07) is 0.0768. The zero-order valence-corrected chi connectivity index (χ0v) is 11.8. The number of rotatable bonds is 6. The number of aliphatic hydroxyl groups is 1. The summed E-state index contributed by atoms with van der Waals surface area (Å²) in [5, 5.41) is 10.1. The zero-order valence-electron chi connectivity index (χ0n) is 11.8. The first-order valence-corrected chi connectivity index (χ1v) is 7.08. The molecule has 1 aliphatic rings. The van der Waals surface area contributed by atoms with Gasteiger partial charge in [0.15, 0.2) is 0 Å². The zero-order chi connectivity index (χ0) is 14.5. The van der Waals surface area contributed by atoms with Gasteiger partial charge in [-0.15, -0.1) is 0 Å². The topological polar surface area (TPSA) is 26.7 Å². The molecule has 0 aromatic rings. The first-order chi connectivity index (χ1) is 8.87. The minimum absolute atomic E-state index is 0.0768. The Hall–Kier alpha value is -0.330. The molecular formula is C13H25F3N2O. The van der Waals surface area contributed by atoms with E-state index in [0.29, 0.717) is 26.2 Å². The lowest BCUT2D eigenvalue weighted by atomic mass is 10.0. The van der Waals surface area contributed by atoms with E-state index in [1.54, 1.807) is 0 Å². The van der Waals surface area contributed by atoms with E-state index in [4.69, 9.17) is 0 Å². The Labute approximate surface area is 113 Å². The molecule has 2 atom stereocenters. The fourth-order valence-electron chi connectivity index (χ4n) is 2.77. The van der Waals surface area contributed by atoms with Crippen molar-refractivity contribution < 1.29 is 18.3 Å². The van der Waals surface area contributed by atoms with E-state index in [1.165, 1.54) is 4.90 Å². The fourth-order valence-corrected chi connectivity index (χ4v) is 2.77. The van der Waals surface area contributed by atoms with Gasteiger partial charge in [-0.3, -0.25) is 9.80 Å². The molecule has 0 aromatic heterocycles. The van der Waals surface area contributed by atoms with Crippen molar-refractivity contribution in [2.45, 2.75) is 51.4 Å². The van der Waals surface area contributed by atoms with Crippen molar-refractivity contribution in [1.29, 1.82) is 0 Å². The second-order valence-electron chi connectivity index (χ2n) is 5.26. The monoisotopic (exact) mass is 282 g/mol. The van der Waals surface area contributed by atoms with Crippen molar-refractivity contribution in [3.05, 3.63) is 0 Å². The lowest BCUT2D eigenvalue weighted by Gasteiger charge is -2.40. The van der Waals surface area contributed by atoms with Gasteiger partial charge in [0.2, 0.25) is 0 Å². The highest BCUT2D eigenvalue weighted by Gasteiger charge is 2.33. The predicted molar refractivity (Wildman–Crippen MR) is 69.1 cm³/mol. The molecule has 0 aromatic carbocycles. The summed E-state index contributed by atoms with van der Waals surface area (Å²) < 4.78 is 36.9. The highest BCUT2D eigenvalue weighted by molar-refractivity contribution is 4.83. The van der Waals surface area contributed by atoms with Crippen LogP contribution in [0.25, 0.3) is 0 Å². The molecule has 1 aliphatic heterocycles. The van der Waals surface area contributed by atoms with E-state index in [1.807, 2.05) is 13.8 Å². The molecule has 6 heteroatoms. The molecule has 1 N–H and O–H groups in total. The summed E-state index contributed by atoms with van der Waals surface area (Å²) in [5.41, 5.74) is 0. The van der Waals surface area contributed by atoms with Gasteiger partial charge in [-0.2, -0.15) is 13.2 Å². The van der Waals surface area contributed by atoms with Gasteiger partial charge in [0.1, 0.15) is 0 Å². The maximum Gasteiger partial charge on any atom is 0.401 e. The summed E-state index contributed by atoms with van der Waals surface area (Å²) in [5.74, 6) is 0. The number of nitrogens with zero attached hydrogens (tertiary/aromatic N) is 2. The van der Waals surface area contributed by atoms with Crippen LogP contribution in [-0.4, -0.2) is 66.0 Å². The first kappa shape index (κ1) is 16.7. The number of piperazine rings is 1. The molecule has 2 unspecified atom stereocenters. The van der Waals surface area contributed by atoms with Crippen LogP contribution in [0.3, 0.4) is 0 Å². The van der Waals surface area contributed by atoms with Gasteiger partial charge < -0.3 is 5.11 Å². The van der Waals surface area contributed by atoms with E-state index < -0.39 is 12.7 Å². The highest BCUT2D eigenvalue weighted by atomic mass is 19.4. The molecule has 1 heterocycles. The van der Waals surface area contributed by atoms with Crippen molar-refractivity contribution in [3.8, 4) is 0 Å². The molecule has 0 bridgehead atoms. The molecule has 0 radical (unpaired) electrons. The van der Waals surface area contributed by atoms with Gasteiger partial charge >= 0.3 is 6.18 Å². The fraction of sp³-hybridized carbons (Fsp3) is 1.00. The Morgan fingerprint density at radius 3 is 2.11 bits per heavy atom. The molecule has 0 amide bonds. The maximum absolute atomic E-state index is 12.3. The Balaban J connectivity index is 2.43. The summed E-state index contributed by atoms with van der Waals surface area (Å²) in [6.07, 6.45) is -1.98. The quantitative estimate of drug-likeness (QED) is 0.808. The average Bonchev–Trinajstić information content (AvgIpc) is 2.30. The van der Waals surface area contributed by atoms with Crippen molar-refractivity contribution in [3.63, 3.8) is 0 Å². The van der Waals surface area contributed by atoms with Crippen LogP contribution in [0.4, 0.5) is 13.2 Å².